The fraction of sp³-hybridized carbons (Fsp3) is 0.400. The van der Waals surface area contributed by atoms with E-state index in [1.54, 1.807) is 13.8 Å². The van der Waals surface area contributed by atoms with Crippen molar-refractivity contribution in [3.05, 3.63) is 72.1 Å². The lowest BCUT2D eigenvalue weighted by atomic mass is 9.82. The number of carbonyl (C=O) groups is 4. The number of alkyl carbamates (subject to hydrolysis) is 1. The summed E-state index contributed by atoms with van der Waals surface area (Å²) in [5.74, 6) is -2.43. The highest BCUT2D eigenvalue weighted by molar-refractivity contribution is 5.92. The quantitative estimate of drug-likeness (QED) is 0.202. The number of esters is 1. The zero-order chi connectivity index (χ0) is 31.6. The number of carboxylic acids is 1. The second-order valence-corrected chi connectivity index (χ2v) is 11.1. The molecule has 0 aliphatic rings. The van der Waals surface area contributed by atoms with Crippen molar-refractivity contribution in [1.29, 1.82) is 0 Å². The average molecular weight is 596 g/mol. The topological polar surface area (TPSA) is 182 Å². The standard InChI is InChI=1S/C30H37N5O8/c1-29(2,32-28(41)42-4)16-25(37)43-19-35-17-24(33-34-35)26(38)31-23(15-30(3,18-36)27(39)40)14-20-10-12-22(13-11-20)21-8-6-5-7-9-21/h5-13,17,23,36H,14-16,18-19H2,1-4H3,(H,31,38)(H,32,41)(H,39,40). The third kappa shape index (κ3) is 9.64. The summed E-state index contributed by atoms with van der Waals surface area (Å²) in [6.45, 7) is 3.73. The predicted octanol–water partition coefficient (Wildman–Crippen LogP) is 2.78. The number of aliphatic carboxylic acids is 1. The largest absolute Gasteiger partial charge is 0.481 e. The minimum atomic E-state index is -1.50. The van der Waals surface area contributed by atoms with Crippen LogP contribution in [-0.2, 0) is 32.2 Å². The van der Waals surface area contributed by atoms with Gasteiger partial charge >= 0.3 is 18.0 Å². The van der Waals surface area contributed by atoms with Crippen molar-refractivity contribution in [3.8, 4) is 11.1 Å². The normalized spacial score (nSPS) is 13.3. The first-order valence-electron chi connectivity index (χ1n) is 13.6. The summed E-state index contributed by atoms with van der Waals surface area (Å²) in [6, 6.07) is 16.9. The summed E-state index contributed by atoms with van der Waals surface area (Å²) in [5, 5.41) is 32.6. The minimum absolute atomic E-state index is 0.0494. The van der Waals surface area contributed by atoms with E-state index >= 15 is 0 Å². The highest BCUT2D eigenvalue weighted by atomic mass is 16.5. The predicted molar refractivity (Wildman–Crippen MR) is 155 cm³/mol. The van der Waals surface area contributed by atoms with Crippen molar-refractivity contribution in [3.63, 3.8) is 0 Å². The maximum atomic E-state index is 13.1. The Morgan fingerprint density at radius 3 is 2.26 bits per heavy atom. The molecule has 0 aliphatic carbocycles. The molecule has 1 heterocycles. The molecule has 0 saturated heterocycles. The van der Waals surface area contributed by atoms with Crippen LogP contribution in [0, 0.1) is 5.41 Å². The zero-order valence-electron chi connectivity index (χ0n) is 24.6. The van der Waals surface area contributed by atoms with Crippen LogP contribution in [-0.4, -0.2) is 74.4 Å². The molecule has 0 spiro atoms. The number of rotatable bonds is 14. The Bertz CT molecular complexity index is 1410. The molecule has 0 radical (unpaired) electrons. The van der Waals surface area contributed by atoms with Crippen LogP contribution >= 0.6 is 0 Å². The number of aromatic nitrogens is 3. The maximum absolute atomic E-state index is 13.1. The molecule has 4 N–H and O–H groups in total. The average Bonchev–Trinajstić information content (AvgIpc) is 3.45. The van der Waals surface area contributed by atoms with Crippen LogP contribution in [0.4, 0.5) is 4.79 Å². The SMILES string of the molecule is COC(=O)NC(C)(C)CC(=O)OCn1cc(C(=O)NC(Cc2ccc(-c3ccccc3)cc2)CC(C)(CO)C(=O)O)nn1. The van der Waals surface area contributed by atoms with Crippen LogP contribution in [0.1, 0.15) is 49.7 Å². The highest BCUT2D eigenvalue weighted by Crippen LogP contribution is 2.26. The number of aliphatic hydroxyl groups excluding tert-OH is 1. The lowest BCUT2D eigenvalue weighted by Gasteiger charge is -2.28. The van der Waals surface area contributed by atoms with Gasteiger partial charge in [-0.2, -0.15) is 0 Å². The van der Waals surface area contributed by atoms with E-state index in [2.05, 4.69) is 25.7 Å². The number of benzene rings is 2. The summed E-state index contributed by atoms with van der Waals surface area (Å²) in [7, 11) is 1.21. The minimum Gasteiger partial charge on any atom is -0.481 e. The molecule has 2 aromatic carbocycles. The van der Waals surface area contributed by atoms with Crippen molar-refractivity contribution in [2.75, 3.05) is 13.7 Å². The Labute approximate surface area is 249 Å². The van der Waals surface area contributed by atoms with Crippen LogP contribution in [0.25, 0.3) is 11.1 Å². The Morgan fingerprint density at radius 1 is 1.00 bits per heavy atom. The zero-order valence-corrected chi connectivity index (χ0v) is 24.6. The molecule has 3 rings (SSSR count). The molecule has 230 valence electrons. The van der Waals surface area contributed by atoms with Gasteiger partial charge in [0.05, 0.1) is 31.7 Å². The van der Waals surface area contributed by atoms with Gasteiger partial charge in [-0.1, -0.05) is 59.8 Å². The summed E-state index contributed by atoms with van der Waals surface area (Å²) < 4.78 is 10.9. The van der Waals surface area contributed by atoms with E-state index in [9.17, 15) is 29.4 Å². The Kier molecular flexibility index (Phi) is 11.0. The molecule has 2 amide bonds. The van der Waals surface area contributed by atoms with E-state index in [1.165, 1.54) is 20.2 Å². The molecule has 13 nitrogen and oxygen atoms in total. The smallest absolute Gasteiger partial charge is 0.407 e. The van der Waals surface area contributed by atoms with E-state index in [1.807, 2.05) is 54.6 Å². The Morgan fingerprint density at radius 2 is 1.65 bits per heavy atom. The first-order valence-corrected chi connectivity index (χ1v) is 13.6. The fourth-order valence-electron chi connectivity index (χ4n) is 4.33. The third-order valence-electron chi connectivity index (χ3n) is 6.78. The molecular formula is C30H37N5O8. The van der Waals surface area contributed by atoms with E-state index in [0.717, 1.165) is 21.4 Å². The van der Waals surface area contributed by atoms with Gasteiger partial charge in [0.2, 0.25) is 0 Å². The Hall–Kier alpha value is -4.78. The molecular weight excluding hydrogens is 558 g/mol. The number of amides is 2. The monoisotopic (exact) mass is 595 g/mol. The van der Waals surface area contributed by atoms with Crippen LogP contribution in [0.15, 0.2) is 60.8 Å². The van der Waals surface area contributed by atoms with E-state index in [4.69, 9.17) is 4.74 Å². The molecule has 0 aliphatic heterocycles. The van der Waals surface area contributed by atoms with Crippen molar-refractivity contribution < 1.29 is 38.9 Å². The van der Waals surface area contributed by atoms with Gasteiger partial charge in [-0.25, -0.2) is 9.48 Å². The number of hydrogen-bond donors (Lipinski definition) is 4. The number of nitrogens with zero attached hydrogens (tertiary/aromatic N) is 3. The first kappa shape index (κ1) is 32.7. The summed E-state index contributed by atoms with van der Waals surface area (Å²) in [5.41, 5.74) is 0.423. The summed E-state index contributed by atoms with van der Waals surface area (Å²) in [4.78, 5) is 48.7. The second-order valence-electron chi connectivity index (χ2n) is 11.1. The van der Waals surface area contributed by atoms with Crippen molar-refractivity contribution in [1.82, 2.24) is 25.6 Å². The van der Waals surface area contributed by atoms with Crippen LogP contribution in [0.3, 0.4) is 0 Å². The van der Waals surface area contributed by atoms with E-state index < -0.39 is 47.5 Å². The van der Waals surface area contributed by atoms with Gasteiger partial charge in [0.15, 0.2) is 12.4 Å². The van der Waals surface area contributed by atoms with Crippen molar-refractivity contribution in [2.45, 2.75) is 58.3 Å². The number of aliphatic hydroxyl groups is 1. The number of carbonyl (C=O) groups excluding carboxylic acids is 3. The molecule has 2 unspecified atom stereocenters. The molecule has 0 bridgehead atoms. The lowest BCUT2D eigenvalue weighted by molar-refractivity contribution is -0.151. The number of carboxylic acid groups (broad SMARTS) is 1. The molecule has 0 saturated carbocycles. The van der Waals surface area contributed by atoms with E-state index in [0.29, 0.717) is 6.42 Å². The highest BCUT2D eigenvalue weighted by Gasteiger charge is 2.36. The van der Waals surface area contributed by atoms with E-state index in [-0.39, 0.29) is 25.3 Å². The van der Waals surface area contributed by atoms with Crippen LogP contribution < -0.4 is 10.6 Å². The maximum Gasteiger partial charge on any atom is 0.407 e. The second kappa shape index (κ2) is 14.4. The molecule has 3 aromatic rings. The van der Waals surface area contributed by atoms with Gasteiger partial charge in [-0.3, -0.25) is 14.4 Å². The van der Waals surface area contributed by atoms with Gasteiger partial charge in [0, 0.05) is 11.6 Å². The van der Waals surface area contributed by atoms with Crippen molar-refractivity contribution >= 4 is 23.9 Å². The number of ether oxygens (including phenoxy) is 2. The van der Waals surface area contributed by atoms with Crippen LogP contribution in [0.2, 0.25) is 0 Å². The van der Waals surface area contributed by atoms with Crippen LogP contribution in [0.5, 0.6) is 0 Å². The molecule has 13 heteroatoms. The number of hydrogen-bond acceptors (Lipinski definition) is 9. The lowest BCUT2D eigenvalue weighted by Crippen LogP contribution is -2.45. The first-order chi connectivity index (χ1) is 20.3. The Balaban J connectivity index is 1.67. The van der Waals surface area contributed by atoms with Gasteiger partial charge in [0.25, 0.3) is 5.91 Å². The van der Waals surface area contributed by atoms with Gasteiger partial charge in [-0.15, -0.1) is 5.10 Å². The van der Waals surface area contributed by atoms with Gasteiger partial charge in [0.1, 0.15) is 0 Å². The summed E-state index contributed by atoms with van der Waals surface area (Å²) >= 11 is 0. The van der Waals surface area contributed by atoms with Gasteiger partial charge < -0.3 is 30.3 Å². The number of nitrogens with one attached hydrogen (secondary N) is 2. The molecule has 1 aromatic heterocycles. The number of methoxy groups -OCH3 is 1. The molecule has 2 atom stereocenters. The van der Waals surface area contributed by atoms with Crippen molar-refractivity contribution in [2.24, 2.45) is 5.41 Å². The molecule has 0 fully saturated rings. The fourth-order valence-corrected chi connectivity index (χ4v) is 4.33. The summed E-state index contributed by atoms with van der Waals surface area (Å²) in [6.07, 6.45) is 0.701. The van der Waals surface area contributed by atoms with Gasteiger partial charge in [-0.05, 0) is 50.3 Å². The third-order valence-corrected chi connectivity index (χ3v) is 6.78. The molecule has 43 heavy (non-hydrogen) atoms.